The Bertz CT molecular complexity index is 322. The fraction of sp³-hybridized carbons (Fsp3) is 0.111. The maximum atomic E-state index is 10.6. The second-order valence-electron chi connectivity index (χ2n) is 2.52. The van der Waals surface area contributed by atoms with Crippen molar-refractivity contribution >= 4 is 11.8 Å². The summed E-state index contributed by atoms with van der Waals surface area (Å²) in [4.78, 5) is 10.6. The lowest BCUT2D eigenvalue weighted by atomic mass is 10.4. The molecule has 1 aromatic rings. The van der Waals surface area contributed by atoms with Gasteiger partial charge in [0.15, 0.2) is 0 Å². The molecule has 1 rings (SSSR count). The predicted molar refractivity (Wildman–Crippen MR) is 50.0 cm³/mol. The Morgan fingerprint density at radius 1 is 1.69 bits per heavy atom. The summed E-state index contributed by atoms with van der Waals surface area (Å²) in [6, 6.07) is 4.90. The van der Waals surface area contributed by atoms with Gasteiger partial charge < -0.3 is 5.73 Å². The molecule has 0 saturated heterocycles. The van der Waals surface area contributed by atoms with Crippen molar-refractivity contribution in [2.45, 2.75) is 6.54 Å². The van der Waals surface area contributed by atoms with Crippen molar-refractivity contribution in [2.75, 3.05) is 5.32 Å². The number of urea groups is 1. The molecule has 0 fully saturated rings. The van der Waals surface area contributed by atoms with Crippen molar-refractivity contribution in [3.05, 3.63) is 37.1 Å². The zero-order chi connectivity index (χ0) is 9.68. The van der Waals surface area contributed by atoms with E-state index in [2.05, 4.69) is 11.9 Å². The lowest BCUT2D eigenvalue weighted by molar-refractivity contribution is -0.672. The van der Waals surface area contributed by atoms with Crippen LogP contribution in [0.2, 0.25) is 0 Å². The molecule has 4 heteroatoms. The molecule has 0 aromatic carbocycles. The smallest absolute Gasteiger partial charge is 0.331 e. The molecule has 0 radical (unpaired) electrons. The van der Waals surface area contributed by atoms with Crippen molar-refractivity contribution < 1.29 is 9.36 Å². The van der Waals surface area contributed by atoms with Gasteiger partial charge in [-0.3, -0.25) is 0 Å². The van der Waals surface area contributed by atoms with Gasteiger partial charge in [0.2, 0.25) is 0 Å². The largest absolute Gasteiger partial charge is 0.404 e. The molecule has 2 amide bonds. The average molecular weight is 178 g/mol. The first-order valence-electron chi connectivity index (χ1n) is 3.90. The number of nitrogens with two attached hydrogens (primary N) is 1. The van der Waals surface area contributed by atoms with E-state index in [4.69, 9.17) is 5.73 Å². The Morgan fingerprint density at radius 3 is 3.08 bits per heavy atom. The highest BCUT2D eigenvalue weighted by molar-refractivity contribution is 5.85. The van der Waals surface area contributed by atoms with E-state index in [-0.39, 0.29) is 0 Å². The van der Waals surface area contributed by atoms with Crippen LogP contribution in [-0.2, 0) is 6.54 Å². The van der Waals surface area contributed by atoms with Gasteiger partial charge in [-0.25, -0.2) is 9.36 Å². The van der Waals surface area contributed by atoms with Crippen LogP contribution in [0.4, 0.5) is 10.6 Å². The van der Waals surface area contributed by atoms with Gasteiger partial charge in [-0.15, -0.1) is 0 Å². The van der Waals surface area contributed by atoms with Crippen LogP contribution in [0.15, 0.2) is 37.1 Å². The van der Waals surface area contributed by atoms with E-state index in [1.54, 1.807) is 12.1 Å². The highest BCUT2D eigenvalue weighted by atomic mass is 16.2. The molecule has 4 nitrogen and oxygen atoms in total. The van der Waals surface area contributed by atoms with E-state index in [1.807, 2.05) is 22.9 Å². The zero-order valence-corrected chi connectivity index (χ0v) is 7.23. The average Bonchev–Trinajstić information content (AvgIpc) is 2.08. The number of allylic oxidation sites excluding steroid dienone is 1. The minimum absolute atomic E-state index is 0.566. The standard InChI is InChI=1S/C9H11N3O/c1-2-6-12-7-4-3-5-8(12)11-9(10)13/h2-5,7H,1,6H2,(H2,10,13)/p+1. The van der Waals surface area contributed by atoms with Gasteiger partial charge in [0.1, 0.15) is 6.54 Å². The molecule has 0 unspecified atom stereocenters. The molecule has 0 saturated carbocycles. The van der Waals surface area contributed by atoms with Gasteiger partial charge in [-0.05, 0) is 6.07 Å². The molecule has 3 N–H and O–H groups in total. The molecule has 0 atom stereocenters. The van der Waals surface area contributed by atoms with Gasteiger partial charge in [0, 0.05) is 6.07 Å². The van der Waals surface area contributed by atoms with E-state index >= 15 is 0 Å². The number of hydrogen-bond donors (Lipinski definition) is 2. The number of pyridine rings is 1. The lowest BCUT2D eigenvalue weighted by Gasteiger charge is -2.01. The molecule has 0 bridgehead atoms. The first kappa shape index (κ1) is 9.25. The number of carbonyl (C=O) groups excluding carboxylic acids is 1. The number of amides is 2. The van der Waals surface area contributed by atoms with E-state index < -0.39 is 6.03 Å². The van der Waals surface area contributed by atoms with Crippen LogP contribution in [0.5, 0.6) is 0 Å². The van der Waals surface area contributed by atoms with Crippen LogP contribution in [0.3, 0.4) is 0 Å². The van der Waals surface area contributed by atoms with Crippen molar-refractivity contribution in [3.63, 3.8) is 0 Å². The van der Waals surface area contributed by atoms with Crippen LogP contribution in [-0.4, -0.2) is 6.03 Å². The zero-order valence-electron chi connectivity index (χ0n) is 7.23. The molecule has 0 aliphatic heterocycles. The minimum atomic E-state index is -0.566. The third kappa shape index (κ3) is 2.59. The SMILES string of the molecule is C=CC[n+]1ccccc1NC(N)=O. The van der Waals surface area contributed by atoms with Crippen LogP contribution >= 0.6 is 0 Å². The summed E-state index contributed by atoms with van der Waals surface area (Å²) in [6.07, 6.45) is 3.58. The highest BCUT2D eigenvalue weighted by Crippen LogP contribution is 1.97. The van der Waals surface area contributed by atoms with Crippen molar-refractivity contribution in [1.82, 2.24) is 0 Å². The molecular formula is C9H12N3O+. The molecule has 1 aromatic heterocycles. The second-order valence-corrected chi connectivity index (χ2v) is 2.52. The quantitative estimate of drug-likeness (QED) is 0.518. The van der Waals surface area contributed by atoms with Crippen LogP contribution in [0.25, 0.3) is 0 Å². The molecule has 0 aliphatic rings. The van der Waals surface area contributed by atoms with Gasteiger partial charge in [-0.2, -0.15) is 5.32 Å². The van der Waals surface area contributed by atoms with Gasteiger partial charge in [-0.1, -0.05) is 18.7 Å². The Morgan fingerprint density at radius 2 is 2.46 bits per heavy atom. The van der Waals surface area contributed by atoms with Crippen LogP contribution < -0.4 is 15.6 Å². The van der Waals surface area contributed by atoms with E-state index in [0.29, 0.717) is 12.4 Å². The van der Waals surface area contributed by atoms with Gasteiger partial charge in [0.05, 0.1) is 6.20 Å². The summed E-state index contributed by atoms with van der Waals surface area (Å²) in [7, 11) is 0. The summed E-state index contributed by atoms with van der Waals surface area (Å²) in [6.45, 7) is 4.25. The highest BCUT2D eigenvalue weighted by Gasteiger charge is 2.08. The number of rotatable bonds is 3. The number of aromatic nitrogens is 1. The summed E-state index contributed by atoms with van der Waals surface area (Å²) >= 11 is 0. The minimum Gasteiger partial charge on any atom is -0.331 e. The van der Waals surface area contributed by atoms with E-state index in [1.165, 1.54) is 0 Å². The molecule has 1 heterocycles. The van der Waals surface area contributed by atoms with Gasteiger partial charge >= 0.3 is 6.03 Å². The Hall–Kier alpha value is -1.84. The Balaban J connectivity index is 2.90. The number of carbonyl (C=O) groups is 1. The third-order valence-electron chi connectivity index (χ3n) is 1.52. The second kappa shape index (κ2) is 4.25. The van der Waals surface area contributed by atoms with Gasteiger partial charge in [0.25, 0.3) is 5.82 Å². The first-order chi connectivity index (χ1) is 6.24. The first-order valence-corrected chi connectivity index (χ1v) is 3.90. The van der Waals surface area contributed by atoms with Crippen molar-refractivity contribution in [2.24, 2.45) is 5.73 Å². The Kier molecular flexibility index (Phi) is 3.03. The maximum Gasteiger partial charge on any atom is 0.404 e. The summed E-state index contributed by atoms with van der Waals surface area (Å²) < 4.78 is 1.83. The Labute approximate surface area is 76.7 Å². The molecule has 0 aliphatic carbocycles. The summed E-state index contributed by atoms with van der Waals surface area (Å²) in [5.74, 6) is 0.662. The van der Waals surface area contributed by atoms with Crippen molar-refractivity contribution in [3.8, 4) is 0 Å². The summed E-state index contributed by atoms with van der Waals surface area (Å²) in [5, 5.41) is 2.51. The van der Waals surface area contributed by atoms with E-state index in [0.717, 1.165) is 0 Å². The molecular weight excluding hydrogens is 166 g/mol. The normalized spacial score (nSPS) is 9.23. The predicted octanol–water partition coefficient (Wildman–Crippen LogP) is 0.651. The van der Waals surface area contributed by atoms with Crippen molar-refractivity contribution in [1.29, 1.82) is 0 Å². The molecule has 68 valence electrons. The number of anilines is 1. The number of nitrogens with zero attached hydrogens (tertiary/aromatic N) is 1. The third-order valence-corrected chi connectivity index (χ3v) is 1.52. The lowest BCUT2D eigenvalue weighted by Crippen LogP contribution is -2.38. The fourth-order valence-electron chi connectivity index (χ4n) is 1.01. The van der Waals surface area contributed by atoms with Crippen LogP contribution in [0, 0.1) is 0 Å². The monoisotopic (exact) mass is 178 g/mol. The van der Waals surface area contributed by atoms with Crippen LogP contribution in [0.1, 0.15) is 0 Å². The molecule has 13 heavy (non-hydrogen) atoms. The molecule has 0 spiro atoms. The van der Waals surface area contributed by atoms with E-state index in [9.17, 15) is 4.79 Å². The number of nitrogens with one attached hydrogen (secondary N) is 1. The summed E-state index contributed by atoms with van der Waals surface area (Å²) in [5.41, 5.74) is 5.00. The number of primary amides is 1. The topological polar surface area (TPSA) is 59.0 Å². The number of hydrogen-bond acceptors (Lipinski definition) is 1. The fourth-order valence-corrected chi connectivity index (χ4v) is 1.01. The maximum absolute atomic E-state index is 10.6.